The van der Waals surface area contributed by atoms with E-state index in [4.69, 9.17) is 21.9 Å². The third-order valence-electron chi connectivity index (χ3n) is 2.90. The summed E-state index contributed by atoms with van der Waals surface area (Å²) < 4.78 is 5.36. The number of nitrogens with zero attached hydrogens (tertiary/aromatic N) is 2. The van der Waals surface area contributed by atoms with Gasteiger partial charge in [-0.15, -0.1) is 0 Å². The van der Waals surface area contributed by atoms with Crippen LogP contribution in [0.5, 0.6) is 0 Å². The van der Waals surface area contributed by atoms with Gasteiger partial charge in [0, 0.05) is 24.0 Å². The Labute approximate surface area is 119 Å². The van der Waals surface area contributed by atoms with Crippen molar-refractivity contribution >= 4 is 17.3 Å². The maximum Gasteiger partial charge on any atom is 0.218 e. The van der Waals surface area contributed by atoms with Crippen LogP contribution in [0.25, 0.3) is 5.57 Å². The topological polar surface area (TPSA) is 113 Å². The number of hydrogen-bond donors (Lipinski definition) is 3. The van der Waals surface area contributed by atoms with Gasteiger partial charge in [-0.1, -0.05) is 6.92 Å². The molecule has 0 aliphatic heterocycles. The molecule has 0 aliphatic carbocycles. The van der Waals surface area contributed by atoms with Gasteiger partial charge in [-0.05, 0) is 25.0 Å². The van der Waals surface area contributed by atoms with E-state index < -0.39 is 0 Å². The first-order valence-electron chi connectivity index (χ1n) is 6.55. The minimum Gasteiger partial charge on any atom is -0.481 e. The maximum absolute atomic E-state index is 6.11. The lowest BCUT2D eigenvalue weighted by Gasteiger charge is -2.14. The van der Waals surface area contributed by atoms with Crippen LogP contribution in [0.4, 0.5) is 5.82 Å². The van der Waals surface area contributed by atoms with Gasteiger partial charge in [-0.2, -0.15) is 0 Å². The van der Waals surface area contributed by atoms with Crippen LogP contribution in [0.1, 0.15) is 24.5 Å². The zero-order chi connectivity index (χ0) is 15.1. The minimum atomic E-state index is 0.450. The van der Waals surface area contributed by atoms with Crippen molar-refractivity contribution in [2.24, 2.45) is 16.5 Å². The van der Waals surface area contributed by atoms with E-state index in [0.29, 0.717) is 36.9 Å². The fourth-order valence-corrected chi connectivity index (χ4v) is 1.76. The number of nitrogens with two attached hydrogens (primary N) is 3. The molecule has 6 N–H and O–H groups in total. The first kappa shape index (κ1) is 16.0. The van der Waals surface area contributed by atoms with E-state index in [1.165, 1.54) is 0 Å². The van der Waals surface area contributed by atoms with Crippen LogP contribution in [0.3, 0.4) is 0 Å². The molecule has 0 amide bonds. The lowest BCUT2D eigenvalue weighted by Crippen LogP contribution is -2.15. The van der Waals surface area contributed by atoms with Crippen molar-refractivity contribution in [2.45, 2.75) is 20.3 Å². The Morgan fingerprint density at radius 3 is 2.65 bits per heavy atom. The Hall–Kier alpha value is -2.08. The summed E-state index contributed by atoms with van der Waals surface area (Å²) in [6, 6.07) is 1.93. The molecule has 6 heteroatoms. The number of anilines is 1. The molecule has 1 heterocycles. The lowest BCUT2D eigenvalue weighted by molar-refractivity contribution is 0.406. The predicted molar refractivity (Wildman–Crippen MR) is 83.2 cm³/mol. The molecule has 0 saturated carbocycles. The number of rotatable bonds is 5. The van der Waals surface area contributed by atoms with Gasteiger partial charge >= 0.3 is 0 Å². The number of nitrogen functional groups attached to an aromatic ring is 1. The molecule has 0 saturated heterocycles. The minimum absolute atomic E-state index is 0.450. The summed E-state index contributed by atoms with van der Waals surface area (Å²) in [4.78, 5) is 8.50. The van der Waals surface area contributed by atoms with Crippen molar-refractivity contribution in [3.05, 3.63) is 29.1 Å². The van der Waals surface area contributed by atoms with E-state index in [9.17, 15) is 0 Å². The molecule has 0 radical (unpaired) electrons. The summed E-state index contributed by atoms with van der Waals surface area (Å²) >= 11 is 0. The van der Waals surface area contributed by atoms with Gasteiger partial charge in [0.05, 0.1) is 19.2 Å². The number of allylic oxidation sites excluding steroid dienone is 1. The highest BCUT2D eigenvalue weighted by Gasteiger charge is 2.15. The Balaban J connectivity index is 3.36. The summed E-state index contributed by atoms with van der Waals surface area (Å²) in [6.45, 7) is 4.80. The summed E-state index contributed by atoms with van der Waals surface area (Å²) in [5.41, 5.74) is 20.5. The van der Waals surface area contributed by atoms with E-state index in [1.54, 1.807) is 13.3 Å². The molecule has 20 heavy (non-hydrogen) atoms. The van der Waals surface area contributed by atoms with E-state index in [2.05, 4.69) is 9.98 Å². The fourth-order valence-electron chi connectivity index (χ4n) is 1.76. The number of methoxy groups -OCH3 is 1. The highest BCUT2D eigenvalue weighted by atomic mass is 16.5. The van der Waals surface area contributed by atoms with Gasteiger partial charge in [0.2, 0.25) is 5.90 Å². The summed E-state index contributed by atoms with van der Waals surface area (Å²) in [5, 5.41) is 0. The first-order valence-corrected chi connectivity index (χ1v) is 6.55. The van der Waals surface area contributed by atoms with Crippen molar-refractivity contribution in [3.8, 4) is 0 Å². The smallest absolute Gasteiger partial charge is 0.218 e. The van der Waals surface area contributed by atoms with E-state index in [1.807, 2.05) is 19.9 Å². The second kappa shape index (κ2) is 7.49. The maximum atomic E-state index is 6.11. The van der Waals surface area contributed by atoms with Crippen LogP contribution < -0.4 is 17.2 Å². The van der Waals surface area contributed by atoms with Crippen LogP contribution in [0, 0.1) is 6.92 Å². The third-order valence-corrected chi connectivity index (χ3v) is 2.90. The van der Waals surface area contributed by atoms with Crippen LogP contribution >= 0.6 is 0 Å². The average Bonchev–Trinajstić information content (AvgIpc) is 2.46. The Morgan fingerprint density at radius 2 is 2.15 bits per heavy atom. The summed E-state index contributed by atoms with van der Waals surface area (Å²) in [7, 11) is 1.57. The molecule has 0 spiro atoms. The van der Waals surface area contributed by atoms with E-state index in [0.717, 1.165) is 16.7 Å². The van der Waals surface area contributed by atoms with Crippen molar-refractivity contribution in [3.63, 3.8) is 0 Å². The Morgan fingerprint density at radius 1 is 1.45 bits per heavy atom. The molecule has 1 aromatic heterocycles. The number of aliphatic imine (C=N–C) groups is 1. The zero-order valence-electron chi connectivity index (χ0n) is 12.3. The van der Waals surface area contributed by atoms with Gasteiger partial charge in [-0.3, -0.25) is 0 Å². The number of aromatic nitrogens is 1. The number of pyridine rings is 1. The number of hydrogen-bond acceptors (Lipinski definition) is 6. The molecule has 110 valence electrons. The van der Waals surface area contributed by atoms with Crippen molar-refractivity contribution in [1.82, 2.24) is 4.98 Å². The molecule has 1 aromatic rings. The second-order valence-electron chi connectivity index (χ2n) is 4.36. The normalized spacial score (nSPS) is 13.1. The molecule has 0 unspecified atom stereocenters. The molecule has 1 rings (SSSR count). The van der Waals surface area contributed by atoms with Crippen LogP contribution in [0.15, 0.2) is 23.0 Å². The predicted octanol–water partition coefficient (Wildman–Crippen LogP) is 1.06. The van der Waals surface area contributed by atoms with E-state index >= 15 is 0 Å². The molecule has 0 bridgehead atoms. The Bertz CT molecular complexity index is 522. The number of aryl methyl sites for hydroxylation is 1. The summed E-state index contributed by atoms with van der Waals surface area (Å²) in [5.74, 6) is 0.974. The molecule has 0 aromatic carbocycles. The van der Waals surface area contributed by atoms with E-state index in [-0.39, 0.29) is 0 Å². The number of ether oxygens (including phenoxy) is 1. The van der Waals surface area contributed by atoms with Crippen LogP contribution in [-0.4, -0.2) is 31.1 Å². The van der Waals surface area contributed by atoms with Gasteiger partial charge in [0.25, 0.3) is 0 Å². The van der Waals surface area contributed by atoms with Crippen LogP contribution in [-0.2, 0) is 4.74 Å². The lowest BCUT2D eigenvalue weighted by atomic mass is 10.0. The fraction of sp³-hybridized carbons (Fsp3) is 0.429. The van der Waals surface area contributed by atoms with Crippen molar-refractivity contribution < 1.29 is 4.74 Å². The quantitative estimate of drug-likeness (QED) is 0.550. The van der Waals surface area contributed by atoms with Crippen molar-refractivity contribution in [2.75, 3.05) is 25.9 Å². The molecule has 6 nitrogen and oxygen atoms in total. The standard InChI is InChI=1S/C14H23N5O/c1-4-11(16)12(14(20-3)18-6-5-15)10-7-9(2)13(17)19-8-10/h7-8H,4-6,15-16H2,1-3H3,(H2,17,19). The van der Waals surface area contributed by atoms with Gasteiger partial charge < -0.3 is 21.9 Å². The van der Waals surface area contributed by atoms with Crippen LogP contribution in [0.2, 0.25) is 0 Å². The molecular weight excluding hydrogens is 254 g/mol. The Kier molecular flexibility index (Phi) is 5.99. The first-order chi connectivity index (χ1) is 9.54. The molecule has 0 fully saturated rings. The molecule has 0 aliphatic rings. The largest absolute Gasteiger partial charge is 0.481 e. The SMILES string of the molecule is CCC(N)=C(C(=NCCN)OC)c1cnc(N)c(C)c1. The van der Waals surface area contributed by atoms with Gasteiger partial charge in [0.1, 0.15) is 5.82 Å². The van der Waals surface area contributed by atoms with Gasteiger partial charge in [-0.25, -0.2) is 9.98 Å². The highest BCUT2D eigenvalue weighted by molar-refractivity contribution is 6.20. The monoisotopic (exact) mass is 277 g/mol. The third kappa shape index (κ3) is 3.71. The molecule has 0 atom stereocenters. The summed E-state index contributed by atoms with van der Waals surface area (Å²) in [6.07, 6.45) is 2.36. The van der Waals surface area contributed by atoms with Crippen molar-refractivity contribution in [1.29, 1.82) is 0 Å². The molecular formula is C14H23N5O. The average molecular weight is 277 g/mol. The van der Waals surface area contributed by atoms with Gasteiger partial charge in [0.15, 0.2) is 0 Å². The second-order valence-corrected chi connectivity index (χ2v) is 4.36. The highest BCUT2D eigenvalue weighted by Crippen LogP contribution is 2.22. The zero-order valence-corrected chi connectivity index (χ0v) is 12.3.